The van der Waals surface area contributed by atoms with Crippen LogP contribution in [-0.4, -0.2) is 24.6 Å². The standard InChI is InChI=1S/C21H15F3N4O4/c1-12-18(20(29)32-14-8-6-13(7-9-14)28(30)31)19-25-17(10-11-27(19)26-12)15-4-2-3-5-16(15)21(22,23)24/h2-11,20,29H,1H3. The quantitative estimate of drug-likeness (QED) is 0.272. The molecule has 2 aromatic carbocycles. The number of aliphatic hydroxyl groups excluding tert-OH is 1. The van der Waals surface area contributed by atoms with Crippen LogP contribution in [0.15, 0.2) is 60.8 Å². The number of nitro groups is 1. The first-order chi connectivity index (χ1) is 15.1. The molecule has 8 nitrogen and oxygen atoms in total. The molecule has 0 amide bonds. The number of aryl methyl sites for hydroxylation is 1. The smallest absolute Gasteiger partial charge is 0.417 e. The molecule has 4 aromatic rings. The maximum atomic E-state index is 13.4. The fourth-order valence-electron chi connectivity index (χ4n) is 3.28. The van der Waals surface area contributed by atoms with Gasteiger partial charge in [-0.15, -0.1) is 0 Å². The molecule has 0 aliphatic carbocycles. The zero-order valence-corrected chi connectivity index (χ0v) is 16.4. The van der Waals surface area contributed by atoms with Gasteiger partial charge in [0, 0.05) is 23.9 Å². The van der Waals surface area contributed by atoms with Crippen molar-refractivity contribution >= 4 is 11.3 Å². The van der Waals surface area contributed by atoms with Crippen LogP contribution in [0.5, 0.6) is 5.75 Å². The zero-order valence-electron chi connectivity index (χ0n) is 16.4. The molecule has 1 atom stereocenters. The van der Waals surface area contributed by atoms with E-state index in [9.17, 15) is 28.4 Å². The zero-order chi connectivity index (χ0) is 23.0. The van der Waals surface area contributed by atoms with Crippen LogP contribution in [0.4, 0.5) is 18.9 Å². The van der Waals surface area contributed by atoms with E-state index in [4.69, 9.17) is 4.74 Å². The van der Waals surface area contributed by atoms with Gasteiger partial charge in [-0.25, -0.2) is 9.50 Å². The Morgan fingerprint density at radius 1 is 1.12 bits per heavy atom. The first-order valence-corrected chi connectivity index (χ1v) is 9.27. The molecular formula is C21H15F3N4O4. The normalized spacial score (nSPS) is 12.7. The van der Waals surface area contributed by atoms with E-state index in [0.29, 0.717) is 5.69 Å². The Kier molecular flexibility index (Phi) is 5.26. The minimum atomic E-state index is -4.57. The highest BCUT2D eigenvalue weighted by Gasteiger charge is 2.34. The van der Waals surface area contributed by atoms with Gasteiger partial charge in [0.15, 0.2) is 5.65 Å². The molecule has 0 radical (unpaired) electrons. The highest BCUT2D eigenvalue weighted by atomic mass is 19.4. The van der Waals surface area contributed by atoms with Crippen molar-refractivity contribution in [1.82, 2.24) is 14.6 Å². The van der Waals surface area contributed by atoms with E-state index in [-0.39, 0.29) is 33.9 Å². The van der Waals surface area contributed by atoms with Gasteiger partial charge in [-0.05, 0) is 31.2 Å². The molecule has 164 valence electrons. The van der Waals surface area contributed by atoms with Crippen molar-refractivity contribution in [2.75, 3.05) is 0 Å². The first kappa shape index (κ1) is 21.2. The van der Waals surface area contributed by atoms with Crippen molar-refractivity contribution in [1.29, 1.82) is 0 Å². The number of halogens is 3. The molecule has 0 spiro atoms. The Labute approximate surface area is 178 Å². The summed E-state index contributed by atoms with van der Waals surface area (Å²) in [4.78, 5) is 14.5. The Morgan fingerprint density at radius 3 is 2.47 bits per heavy atom. The number of benzene rings is 2. The second-order valence-corrected chi connectivity index (χ2v) is 6.84. The van der Waals surface area contributed by atoms with Crippen molar-refractivity contribution < 1.29 is 27.9 Å². The highest BCUT2D eigenvalue weighted by molar-refractivity contribution is 5.67. The van der Waals surface area contributed by atoms with E-state index in [1.54, 1.807) is 6.92 Å². The number of ether oxygens (including phenoxy) is 1. The van der Waals surface area contributed by atoms with E-state index in [2.05, 4.69) is 10.1 Å². The van der Waals surface area contributed by atoms with Crippen LogP contribution in [0, 0.1) is 17.0 Å². The van der Waals surface area contributed by atoms with Gasteiger partial charge in [-0.3, -0.25) is 10.1 Å². The predicted octanol–water partition coefficient (Wildman–Crippen LogP) is 4.70. The topological polar surface area (TPSA) is 103 Å². The van der Waals surface area contributed by atoms with Gasteiger partial charge >= 0.3 is 6.18 Å². The number of aromatic nitrogens is 3. The number of hydrogen-bond acceptors (Lipinski definition) is 6. The molecular weight excluding hydrogens is 429 g/mol. The Hall–Kier alpha value is -3.99. The van der Waals surface area contributed by atoms with Gasteiger partial charge in [0.25, 0.3) is 5.69 Å². The number of hydrogen-bond donors (Lipinski definition) is 1. The summed E-state index contributed by atoms with van der Waals surface area (Å²) in [5.74, 6) is 0.153. The minimum absolute atomic E-state index is 0.0501. The van der Waals surface area contributed by atoms with E-state index in [0.717, 1.165) is 6.07 Å². The second-order valence-electron chi connectivity index (χ2n) is 6.84. The lowest BCUT2D eigenvalue weighted by atomic mass is 10.0. The van der Waals surface area contributed by atoms with Crippen molar-refractivity contribution in [3.63, 3.8) is 0 Å². The van der Waals surface area contributed by atoms with Crippen LogP contribution >= 0.6 is 0 Å². The Morgan fingerprint density at radius 2 is 1.81 bits per heavy atom. The molecule has 0 saturated heterocycles. The third-order valence-electron chi connectivity index (χ3n) is 4.76. The van der Waals surface area contributed by atoms with Gasteiger partial charge in [-0.2, -0.15) is 18.3 Å². The van der Waals surface area contributed by atoms with Gasteiger partial charge in [0.1, 0.15) is 5.75 Å². The summed E-state index contributed by atoms with van der Waals surface area (Å²) < 4.78 is 47.1. The number of fused-ring (bicyclic) bond motifs is 1. The average Bonchev–Trinajstić information content (AvgIpc) is 3.08. The minimum Gasteiger partial charge on any atom is -0.461 e. The largest absolute Gasteiger partial charge is 0.461 e. The van der Waals surface area contributed by atoms with Gasteiger partial charge in [0.2, 0.25) is 6.29 Å². The number of alkyl halides is 3. The average molecular weight is 444 g/mol. The lowest BCUT2D eigenvalue weighted by Crippen LogP contribution is -2.09. The number of aliphatic hydroxyl groups is 1. The summed E-state index contributed by atoms with van der Waals surface area (Å²) in [5, 5.41) is 25.6. The molecule has 4 rings (SSSR count). The van der Waals surface area contributed by atoms with E-state index < -0.39 is 23.0 Å². The van der Waals surface area contributed by atoms with Crippen LogP contribution in [0.2, 0.25) is 0 Å². The van der Waals surface area contributed by atoms with Crippen LogP contribution < -0.4 is 4.74 Å². The fourth-order valence-corrected chi connectivity index (χ4v) is 3.28. The number of rotatable bonds is 5. The molecule has 0 bridgehead atoms. The first-order valence-electron chi connectivity index (χ1n) is 9.27. The molecule has 11 heteroatoms. The fraction of sp³-hybridized carbons (Fsp3) is 0.143. The lowest BCUT2D eigenvalue weighted by molar-refractivity contribution is -0.384. The maximum absolute atomic E-state index is 13.4. The molecule has 2 aromatic heterocycles. The predicted molar refractivity (Wildman–Crippen MR) is 107 cm³/mol. The number of nitro benzene ring substituents is 1. The molecule has 1 N–H and O–H groups in total. The van der Waals surface area contributed by atoms with Gasteiger partial charge in [0.05, 0.1) is 27.4 Å². The Bertz CT molecular complexity index is 1300. The third-order valence-corrected chi connectivity index (χ3v) is 4.76. The lowest BCUT2D eigenvalue weighted by Gasteiger charge is -2.14. The summed E-state index contributed by atoms with van der Waals surface area (Å²) in [5.41, 5.74) is -0.410. The van der Waals surface area contributed by atoms with Crippen molar-refractivity contribution in [3.05, 3.63) is 87.7 Å². The third kappa shape index (κ3) is 3.97. The molecule has 0 aliphatic heterocycles. The van der Waals surface area contributed by atoms with E-state index >= 15 is 0 Å². The highest BCUT2D eigenvalue weighted by Crippen LogP contribution is 2.37. The monoisotopic (exact) mass is 444 g/mol. The Balaban J connectivity index is 1.73. The van der Waals surface area contributed by atoms with Crippen molar-refractivity contribution in [2.24, 2.45) is 0 Å². The molecule has 2 heterocycles. The number of nitrogens with zero attached hydrogens (tertiary/aromatic N) is 4. The van der Waals surface area contributed by atoms with Crippen molar-refractivity contribution in [2.45, 2.75) is 19.4 Å². The second kappa shape index (κ2) is 7.93. The summed E-state index contributed by atoms with van der Waals surface area (Å²) in [7, 11) is 0. The molecule has 0 fully saturated rings. The summed E-state index contributed by atoms with van der Waals surface area (Å²) in [6.45, 7) is 1.59. The van der Waals surface area contributed by atoms with Crippen LogP contribution in [0.25, 0.3) is 16.9 Å². The molecule has 0 aliphatic rings. The van der Waals surface area contributed by atoms with Crippen molar-refractivity contribution in [3.8, 4) is 17.0 Å². The molecule has 1 unspecified atom stereocenters. The van der Waals surface area contributed by atoms with Crippen LogP contribution in [0.3, 0.4) is 0 Å². The molecule has 32 heavy (non-hydrogen) atoms. The maximum Gasteiger partial charge on any atom is 0.417 e. The number of non-ortho nitro benzene ring substituents is 1. The van der Waals surface area contributed by atoms with E-state index in [1.165, 1.54) is 59.2 Å². The van der Waals surface area contributed by atoms with Gasteiger partial charge < -0.3 is 9.84 Å². The van der Waals surface area contributed by atoms with E-state index in [1.807, 2.05) is 0 Å². The summed E-state index contributed by atoms with van der Waals surface area (Å²) >= 11 is 0. The van der Waals surface area contributed by atoms with Crippen LogP contribution in [-0.2, 0) is 6.18 Å². The SMILES string of the molecule is Cc1nn2ccc(-c3ccccc3C(F)(F)F)nc2c1C(O)Oc1ccc([N+](=O)[O-])cc1. The van der Waals surface area contributed by atoms with Gasteiger partial charge in [-0.1, -0.05) is 18.2 Å². The summed E-state index contributed by atoms with van der Waals surface area (Å²) in [6, 6.07) is 11.5. The van der Waals surface area contributed by atoms with Crippen LogP contribution in [0.1, 0.15) is 23.1 Å². The molecule has 0 saturated carbocycles. The summed E-state index contributed by atoms with van der Waals surface area (Å²) in [6.07, 6.45) is -4.68.